The lowest BCUT2D eigenvalue weighted by Crippen LogP contribution is -2.19. The summed E-state index contributed by atoms with van der Waals surface area (Å²) in [6, 6.07) is 12.5. The smallest absolute Gasteiger partial charge is 0.244 e. The van der Waals surface area contributed by atoms with E-state index in [-0.39, 0.29) is 5.91 Å². The Bertz CT molecular complexity index is 971. The van der Waals surface area contributed by atoms with Crippen molar-refractivity contribution in [3.63, 3.8) is 0 Å². The van der Waals surface area contributed by atoms with E-state index in [2.05, 4.69) is 46.4 Å². The number of aromatic nitrogens is 1. The van der Waals surface area contributed by atoms with Crippen molar-refractivity contribution in [1.82, 2.24) is 9.88 Å². The quantitative estimate of drug-likeness (QED) is 0.761. The first-order valence-corrected chi connectivity index (χ1v) is 9.30. The fourth-order valence-corrected chi connectivity index (χ4v) is 3.85. The average Bonchev–Trinajstić information content (AvgIpc) is 2.87. The number of anilines is 1. The van der Waals surface area contributed by atoms with E-state index in [0.29, 0.717) is 6.54 Å². The molecule has 3 aromatic rings. The van der Waals surface area contributed by atoms with Gasteiger partial charge in [0.25, 0.3) is 0 Å². The van der Waals surface area contributed by atoms with Crippen molar-refractivity contribution in [3.05, 3.63) is 64.8 Å². The van der Waals surface area contributed by atoms with E-state index >= 15 is 0 Å². The molecule has 134 valence electrons. The second kappa shape index (κ2) is 6.96. The lowest BCUT2D eigenvalue weighted by Gasteiger charge is -2.14. The molecule has 1 aromatic heterocycles. The van der Waals surface area contributed by atoms with Gasteiger partial charge in [-0.1, -0.05) is 24.3 Å². The summed E-state index contributed by atoms with van der Waals surface area (Å²) in [7, 11) is 0. The summed E-state index contributed by atoms with van der Waals surface area (Å²) in [4.78, 5) is 12.7. The molecule has 26 heavy (non-hydrogen) atoms. The summed E-state index contributed by atoms with van der Waals surface area (Å²) in [6.07, 6.45) is 4.09. The highest BCUT2D eigenvalue weighted by atomic mass is 16.1. The molecule has 1 aliphatic rings. The van der Waals surface area contributed by atoms with Gasteiger partial charge in [0.05, 0.1) is 5.52 Å². The zero-order valence-corrected chi connectivity index (χ0v) is 15.4. The molecule has 0 spiro atoms. The summed E-state index contributed by atoms with van der Waals surface area (Å²) in [6.45, 7) is 6.45. The fourth-order valence-electron chi connectivity index (χ4n) is 3.85. The standard InChI is InChI=1S/C22H25N3O/c1-15-4-3-5-20(16(15)2)24-21(26)14-25-13-10-18-7-6-17-8-11-23-12-9-19(17)22(18)25/h3-7,10,13,23H,8-9,11-12,14H2,1-2H3,(H,24,26). The van der Waals surface area contributed by atoms with Gasteiger partial charge in [0.2, 0.25) is 5.91 Å². The number of nitrogens with one attached hydrogen (secondary N) is 2. The minimum Gasteiger partial charge on any atom is -0.338 e. The first kappa shape index (κ1) is 16.9. The van der Waals surface area contributed by atoms with Crippen molar-refractivity contribution in [2.45, 2.75) is 33.2 Å². The minimum absolute atomic E-state index is 0.0144. The minimum atomic E-state index is 0.0144. The predicted octanol–water partition coefficient (Wildman–Crippen LogP) is 3.59. The number of hydrogen-bond donors (Lipinski definition) is 2. The highest BCUT2D eigenvalue weighted by Gasteiger charge is 2.15. The molecule has 2 heterocycles. The molecule has 4 nitrogen and oxygen atoms in total. The van der Waals surface area contributed by atoms with Crippen LogP contribution in [0, 0.1) is 13.8 Å². The molecule has 0 aliphatic carbocycles. The summed E-state index contributed by atoms with van der Waals surface area (Å²) in [5.41, 5.74) is 7.21. The lowest BCUT2D eigenvalue weighted by molar-refractivity contribution is -0.116. The Labute approximate surface area is 154 Å². The number of hydrogen-bond acceptors (Lipinski definition) is 2. The molecule has 0 saturated carbocycles. The number of fused-ring (bicyclic) bond motifs is 3. The molecular weight excluding hydrogens is 322 g/mol. The first-order valence-electron chi connectivity index (χ1n) is 9.30. The van der Waals surface area contributed by atoms with Gasteiger partial charge in [-0.25, -0.2) is 0 Å². The highest BCUT2D eigenvalue weighted by Crippen LogP contribution is 2.26. The van der Waals surface area contributed by atoms with Gasteiger partial charge in [-0.05, 0) is 79.6 Å². The lowest BCUT2D eigenvalue weighted by atomic mass is 10.00. The van der Waals surface area contributed by atoms with Crippen LogP contribution in [0.1, 0.15) is 22.3 Å². The van der Waals surface area contributed by atoms with E-state index in [1.165, 1.54) is 27.6 Å². The topological polar surface area (TPSA) is 46.1 Å². The van der Waals surface area contributed by atoms with Crippen LogP contribution in [0.15, 0.2) is 42.6 Å². The van der Waals surface area contributed by atoms with Crippen molar-refractivity contribution < 1.29 is 4.79 Å². The third kappa shape index (κ3) is 3.13. The number of carbonyl (C=O) groups is 1. The zero-order chi connectivity index (χ0) is 18.1. The molecule has 0 saturated heterocycles. The molecule has 2 N–H and O–H groups in total. The summed E-state index contributed by atoms with van der Waals surface area (Å²) in [5.74, 6) is 0.0144. The highest BCUT2D eigenvalue weighted by molar-refractivity contribution is 5.93. The van der Waals surface area contributed by atoms with E-state index < -0.39 is 0 Å². The zero-order valence-electron chi connectivity index (χ0n) is 15.4. The van der Waals surface area contributed by atoms with Crippen LogP contribution in [0.5, 0.6) is 0 Å². The summed E-state index contributed by atoms with van der Waals surface area (Å²) >= 11 is 0. The predicted molar refractivity (Wildman–Crippen MR) is 107 cm³/mol. The van der Waals surface area contributed by atoms with Crippen LogP contribution in [0.25, 0.3) is 10.9 Å². The van der Waals surface area contributed by atoms with Crippen LogP contribution in [0.2, 0.25) is 0 Å². The Morgan fingerprint density at radius 2 is 1.96 bits per heavy atom. The van der Waals surface area contributed by atoms with Gasteiger partial charge >= 0.3 is 0 Å². The second-order valence-corrected chi connectivity index (χ2v) is 7.13. The van der Waals surface area contributed by atoms with Crippen molar-refractivity contribution in [2.24, 2.45) is 0 Å². The van der Waals surface area contributed by atoms with Crippen molar-refractivity contribution in [1.29, 1.82) is 0 Å². The number of benzene rings is 2. The Morgan fingerprint density at radius 3 is 2.85 bits per heavy atom. The molecule has 0 atom stereocenters. The molecule has 0 fully saturated rings. The monoisotopic (exact) mass is 347 g/mol. The van der Waals surface area contributed by atoms with E-state index in [1.807, 2.05) is 25.3 Å². The fraction of sp³-hybridized carbons (Fsp3) is 0.318. The number of amides is 1. The average molecular weight is 347 g/mol. The van der Waals surface area contributed by atoms with E-state index in [4.69, 9.17) is 0 Å². The SMILES string of the molecule is Cc1cccc(NC(=O)Cn2ccc3ccc4c(c32)CCNCC4)c1C. The molecule has 1 amide bonds. The molecule has 0 unspecified atom stereocenters. The number of rotatable bonds is 3. The van der Waals surface area contributed by atoms with Crippen LogP contribution in [-0.2, 0) is 24.2 Å². The maximum absolute atomic E-state index is 12.7. The number of carbonyl (C=O) groups excluding carboxylic acids is 1. The van der Waals surface area contributed by atoms with Crippen molar-refractivity contribution in [2.75, 3.05) is 18.4 Å². The number of nitrogens with zero attached hydrogens (tertiary/aromatic N) is 1. The van der Waals surface area contributed by atoms with Gasteiger partial charge in [0, 0.05) is 11.9 Å². The van der Waals surface area contributed by atoms with Crippen LogP contribution >= 0.6 is 0 Å². The summed E-state index contributed by atoms with van der Waals surface area (Å²) in [5, 5.41) is 7.75. The molecule has 0 radical (unpaired) electrons. The third-order valence-electron chi connectivity index (χ3n) is 5.45. The van der Waals surface area contributed by atoms with E-state index in [0.717, 1.165) is 37.2 Å². The largest absolute Gasteiger partial charge is 0.338 e. The van der Waals surface area contributed by atoms with Crippen LogP contribution < -0.4 is 10.6 Å². The van der Waals surface area contributed by atoms with E-state index in [1.54, 1.807) is 0 Å². The Hall–Kier alpha value is -2.59. The van der Waals surface area contributed by atoms with Gasteiger partial charge in [0.1, 0.15) is 6.54 Å². The van der Waals surface area contributed by atoms with Crippen molar-refractivity contribution >= 4 is 22.5 Å². The Balaban J connectivity index is 1.63. The normalized spacial score (nSPS) is 14.1. The van der Waals surface area contributed by atoms with Gasteiger partial charge < -0.3 is 15.2 Å². The molecule has 4 heteroatoms. The third-order valence-corrected chi connectivity index (χ3v) is 5.45. The van der Waals surface area contributed by atoms with Gasteiger partial charge in [-0.15, -0.1) is 0 Å². The van der Waals surface area contributed by atoms with Gasteiger partial charge in [-0.2, -0.15) is 0 Å². The molecule has 1 aliphatic heterocycles. The van der Waals surface area contributed by atoms with Crippen LogP contribution in [0.3, 0.4) is 0 Å². The summed E-state index contributed by atoms with van der Waals surface area (Å²) < 4.78 is 2.10. The molecule has 2 aromatic carbocycles. The Kier molecular flexibility index (Phi) is 4.51. The maximum atomic E-state index is 12.7. The van der Waals surface area contributed by atoms with Crippen LogP contribution in [0.4, 0.5) is 5.69 Å². The number of aryl methyl sites for hydroxylation is 1. The maximum Gasteiger partial charge on any atom is 0.244 e. The van der Waals surface area contributed by atoms with Gasteiger partial charge in [0.15, 0.2) is 0 Å². The molecular formula is C22H25N3O. The van der Waals surface area contributed by atoms with Crippen LogP contribution in [-0.4, -0.2) is 23.6 Å². The van der Waals surface area contributed by atoms with Crippen molar-refractivity contribution in [3.8, 4) is 0 Å². The van der Waals surface area contributed by atoms with E-state index in [9.17, 15) is 4.79 Å². The van der Waals surface area contributed by atoms with Gasteiger partial charge in [-0.3, -0.25) is 4.79 Å². The molecule has 4 rings (SSSR count). The molecule has 0 bridgehead atoms. The first-order chi connectivity index (χ1) is 12.6. The second-order valence-electron chi connectivity index (χ2n) is 7.13. The Morgan fingerprint density at radius 1 is 1.12 bits per heavy atom.